The van der Waals surface area contributed by atoms with Crippen LogP contribution in [0.25, 0.3) is 22.6 Å². The van der Waals surface area contributed by atoms with Gasteiger partial charge in [0.1, 0.15) is 17.0 Å². The lowest BCUT2D eigenvalue weighted by Gasteiger charge is -1.96. The van der Waals surface area contributed by atoms with E-state index < -0.39 is 11.8 Å². The van der Waals surface area contributed by atoms with E-state index in [1.54, 1.807) is 6.07 Å². The van der Waals surface area contributed by atoms with Crippen LogP contribution < -0.4 is 0 Å². The molecular weight excluding hydrogens is 261 g/mol. The second-order valence-corrected chi connectivity index (χ2v) is 4.40. The van der Waals surface area contributed by atoms with Gasteiger partial charge in [-0.3, -0.25) is 0 Å². The van der Waals surface area contributed by atoms with Gasteiger partial charge in [-0.05, 0) is 31.2 Å². The maximum absolute atomic E-state index is 13.4. The second kappa shape index (κ2) is 4.41. The molecule has 1 aromatic carbocycles. The van der Waals surface area contributed by atoms with Gasteiger partial charge >= 0.3 is 5.97 Å². The summed E-state index contributed by atoms with van der Waals surface area (Å²) < 4.78 is 13.4. The van der Waals surface area contributed by atoms with Crippen LogP contribution in [0.1, 0.15) is 16.1 Å². The molecule has 0 amide bonds. The molecule has 3 rings (SSSR count). The summed E-state index contributed by atoms with van der Waals surface area (Å²) in [5, 5.41) is 9.10. The van der Waals surface area contributed by atoms with E-state index in [-0.39, 0.29) is 11.1 Å². The number of imidazole rings is 1. The number of hydrogen-bond donors (Lipinski definition) is 2. The summed E-state index contributed by atoms with van der Waals surface area (Å²) in [6.45, 7) is 1.84. The normalized spacial score (nSPS) is 10.9. The number of fused-ring (bicyclic) bond motifs is 1. The third kappa shape index (κ3) is 2.01. The quantitative estimate of drug-likeness (QED) is 0.751. The van der Waals surface area contributed by atoms with E-state index in [1.807, 2.05) is 19.1 Å². The number of aromatic nitrogens is 3. The molecule has 5 nitrogen and oxygen atoms in total. The summed E-state index contributed by atoms with van der Waals surface area (Å²) >= 11 is 0. The molecule has 2 aromatic heterocycles. The lowest BCUT2D eigenvalue weighted by atomic mass is 10.2. The molecule has 6 heteroatoms. The van der Waals surface area contributed by atoms with Crippen LogP contribution in [0.3, 0.4) is 0 Å². The van der Waals surface area contributed by atoms with Crippen molar-refractivity contribution >= 4 is 17.0 Å². The third-order valence-corrected chi connectivity index (χ3v) is 2.91. The van der Waals surface area contributed by atoms with Gasteiger partial charge in [0.2, 0.25) is 0 Å². The van der Waals surface area contributed by atoms with E-state index in [4.69, 9.17) is 5.11 Å². The fourth-order valence-electron chi connectivity index (χ4n) is 2.04. The van der Waals surface area contributed by atoms with Gasteiger partial charge in [0.15, 0.2) is 5.82 Å². The number of benzene rings is 1. The first kappa shape index (κ1) is 12.3. The molecule has 2 N–H and O–H groups in total. The van der Waals surface area contributed by atoms with Crippen molar-refractivity contribution in [1.29, 1.82) is 0 Å². The van der Waals surface area contributed by atoms with Gasteiger partial charge in [0.05, 0.1) is 11.1 Å². The zero-order chi connectivity index (χ0) is 14.3. The Hall–Kier alpha value is -2.76. The average molecular weight is 271 g/mol. The van der Waals surface area contributed by atoms with Crippen LogP contribution in [-0.2, 0) is 0 Å². The number of carboxylic acid groups (broad SMARTS) is 1. The molecule has 0 atom stereocenters. The first-order valence-corrected chi connectivity index (χ1v) is 5.91. The van der Waals surface area contributed by atoms with Crippen LogP contribution in [0.5, 0.6) is 0 Å². The Morgan fingerprint density at radius 2 is 2.10 bits per heavy atom. The number of nitrogens with one attached hydrogen (secondary N) is 1. The molecule has 0 saturated heterocycles. The standard InChI is InChI=1S/C14H10FN3O2/c1-7-3-2-4-10(16-7)13-17-11-6-8(15)5-9(14(19)20)12(11)18-13/h2-6H,1H3,(H,17,18)(H,19,20). The van der Waals surface area contributed by atoms with Gasteiger partial charge in [-0.2, -0.15) is 0 Å². The van der Waals surface area contributed by atoms with Gasteiger partial charge in [0, 0.05) is 5.69 Å². The number of H-pyrrole nitrogens is 1. The Kier molecular flexibility index (Phi) is 2.71. The third-order valence-electron chi connectivity index (χ3n) is 2.91. The fraction of sp³-hybridized carbons (Fsp3) is 0.0714. The highest BCUT2D eigenvalue weighted by Gasteiger charge is 2.16. The molecule has 0 aliphatic carbocycles. The number of aromatic carboxylic acids is 1. The van der Waals surface area contributed by atoms with Crippen molar-refractivity contribution in [3.63, 3.8) is 0 Å². The Morgan fingerprint density at radius 1 is 1.30 bits per heavy atom. The molecule has 3 aromatic rings. The Bertz CT molecular complexity index is 826. The van der Waals surface area contributed by atoms with Crippen LogP contribution in [0.15, 0.2) is 30.3 Å². The zero-order valence-electron chi connectivity index (χ0n) is 10.5. The first-order valence-electron chi connectivity index (χ1n) is 5.91. The van der Waals surface area contributed by atoms with E-state index in [0.717, 1.165) is 11.8 Å². The summed E-state index contributed by atoms with van der Waals surface area (Å²) in [6, 6.07) is 7.59. The molecule has 0 saturated carbocycles. The topological polar surface area (TPSA) is 78.9 Å². The number of pyridine rings is 1. The van der Waals surface area contributed by atoms with Gasteiger partial charge in [0.25, 0.3) is 0 Å². The lowest BCUT2D eigenvalue weighted by molar-refractivity contribution is 0.0698. The predicted molar refractivity (Wildman–Crippen MR) is 71.0 cm³/mol. The minimum atomic E-state index is -1.22. The zero-order valence-corrected chi connectivity index (χ0v) is 10.5. The van der Waals surface area contributed by atoms with Crippen LogP contribution in [-0.4, -0.2) is 26.0 Å². The number of hydrogen-bond acceptors (Lipinski definition) is 3. The van der Waals surface area contributed by atoms with Crippen LogP contribution >= 0.6 is 0 Å². The highest BCUT2D eigenvalue weighted by atomic mass is 19.1. The fourth-order valence-corrected chi connectivity index (χ4v) is 2.04. The highest BCUT2D eigenvalue weighted by Crippen LogP contribution is 2.23. The number of carboxylic acids is 1. The summed E-state index contributed by atoms with van der Waals surface area (Å²) in [5.74, 6) is -1.43. The van der Waals surface area contributed by atoms with Crippen molar-refractivity contribution < 1.29 is 14.3 Å². The average Bonchev–Trinajstić information content (AvgIpc) is 2.81. The molecule has 2 heterocycles. The molecule has 0 fully saturated rings. The first-order chi connectivity index (χ1) is 9.54. The highest BCUT2D eigenvalue weighted by molar-refractivity contribution is 6.01. The van der Waals surface area contributed by atoms with Crippen LogP contribution in [0.4, 0.5) is 4.39 Å². The number of rotatable bonds is 2. The Morgan fingerprint density at radius 3 is 2.80 bits per heavy atom. The number of aryl methyl sites for hydroxylation is 1. The van der Waals surface area contributed by atoms with E-state index in [9.17, 15) is 9.18 Å². The number of nitrogens with zero attached hydrogens (tertiary/aromatic N) is 2. The monoisotopic (exact) mass is 271 g/mol. The second-order valence-electron chi connectivity index (χ2n) is 4.40. The molecule has 0 bridgehead atoms. The minimum absolute atomic E-state index is 0.171. The van der Waals surface area contributed by atoms with E-state index in [1.165, 1.54) is 6.07 Å². The Balaban J connectivity index is 2.25. The van der Waals surface area contributed by atoms with Crippen molar-refractivity contribution in [3.8, 4) is 11.5 Å². The largest absolute Gasteiger partial charge is 0.478 e. The predicted octanol–water partition coefficient (Wildman–Crippen LogP) is 2.77. The van der Waals surface area contributed by atoms with Gasteiger partial charge in [-0.15, -0.1) is 0 Å². The molecular formula is C14H10FN3O2. The van der Waals surface area contributed by atoms with Crippen molar-refractivity contribution in [2.24, 2.45) is 0 Å². The van der Waals surface area contributed by atoms with Crippen molar-refractivity contribution in [1.82, 2.24) is 15.0 Å². The summed E-state index contributed by atoms with van der Waals surface area (Å²) in [6.07, 6.45) is 0. The maximum atomic E-state index is 13.4. The number of aromatic amines is 1. The summed E-state index contributed by atoms with van der Waals surface area (Å²) in [7, 11) is 0. The van der Waals surface area contributed by atoms with E-state index in [2.05, 4.69) is 15.0 Å². The number of halogens is 1. The van der Waals surface area contributed by atoms with Gasteiger partial charge < -0.3 is 10.1 Å². The summed E-state index contributed by atoms with van der Waals surface area (Å²) in [5.41, 5.74) is 1.78. The molecule has 0 spiro atoms. The molecule has 0 radical (unpaired) electrons. The van der Waals surface area contributed by atoms with Gasteiger partial charge in [-0.25, -0.2) is 19.2 Å². The minimum Gasteiger partial charge on any atom is -0.478 e. The maximum Gasteiger partial charge on any atom is 0.338 e. The van der Waals surface area contributed by atoms with E-state index in [0.29, 0.717) is 17.0 Å². The number of carbonyl (C=O) groups is 1. The van der Waals surface area contributed by atoms with Crippen LogP contribution in [0.2, 0.25) is 0 Å². The molecule has 100 valence electrons. The lowest BCUT2D eigenvalue weighted by Crippen LogP contribution is -1.98. The van der Waals surface area contributed by atoms with Crippen LogP contribution in [0, 0.1) is 12.7 Å². The molecule has 20 heavy (non-hydrogen) atoms. The Labute approximate surface area is 113 Å². The summed E-state index contributed by atoms with van der Waals surface area (Å²) in [4.78, 5) is 22.6. The van der Waals surface area contributed by atoms with Gasteiger partial charge in [-0.1, -0.05) is 6.07 Å². The van der Waals surface area contributed by atoms with Crippen molar-refractivity contribution in [2.75, 3.05) is 0 Å². The molecule has 0 aliphatic heterocycles. The molecule has 0 aliphatic rings. The SMILES string of the molecule is Cc1cccc(-c2nc3c(C(=O)O)cc(F)cc3[nH]2)n1. The van der Waals surface area contributed by atoms with Crippen molar-refractivity contribution in [2.45, 2.75) is 6.92 Å². The molecule has 0 unspecified atom stereocenters. The van der Waals surface area contributed by atoms with E-state index >= 15 is 0 Å². The van der Waals surface area contributed by atoms with Crippen molar-refractivity contribution in [3.05, 3.63) is 47.4 Å². The smallest absolute Gasteiger partial charge is 0.338 e.